The van der Waals surface area contributed by atoms with Gasteiger partial charge in [0.1, 0.15) is 10.6 Å². The topological polar surface area (TPSA) is 90.1 Å². The molecule has 2 aromatic rings. The van der Waals surface area contributed by atoms with Crippen molar-refractivity contribution in [3.8, 4) is 0 Å². The van der Waals surface area contributed by atoms with Crippen molar-refractivity contribution in [1.82, 2.24) is 14.7 Å². The highest BCUT2D eigenvalue weighted by Gasteiger charge is 2.50. The molecule has 0 saturated carbocycles. The van der Waals surface area contributed by atoms with Crippen LogP contribution >= 0.6 is 22.6 Å². The van der Waals surface area contributed by atoms with E-state index < -0.39 is 11.4 Å². The third-order valence-electron chi connectivity index (χ3n) is 6.10. The van der Waals surface area contributed by atoms with Crippen LogP contribution in [0.1, 0.15) is 50.8 Å². The lowest BCUT2D eigenvalue weighted by Crippen LogP contribution is -2.50. The van der Waals surface area contributed by atoms with Gasteiger partial charge in [0.05, 0.1) is 9.61 Å². The van der Waals surface area contributed by atoms with E-state index in [1.807, 2.05) is 20.8 Å². The smallest absolute Gasteiger partial charge is 0.227 e. The zero-order valence-electron chi connectivity index (χ0n) is 17.1. The predicted molar refractivity (Wildman–Crippen MR) is 127 cm³/mol. The average molecular weight is 525 g/mol. The Hall–Kier alpha value is -1.10. The van der Waals surface area contributed by atoms with E-state index in [1.54, 1.807) is 6.20 Å². The molecular weight excluding hydrogens is 497 g/mol. The number of aromatic nitrogens is 2. The van der Waals surface area contributed by atoms with Crippen molar-refractivity contribution in [1.29, 1.82) is 0 Å². The molecule has 4 rings (SSSR count). The summed E-state index contributed by atoms with van der Waals surface area (Å²) in [5, 5.41) is 0. The second kappa shape index (κ2) is 7.86. The van der Waals surface area contributed by atoms with Gasteiger partial charge in [0.15, 0.2) is 0 Å². The SMILES string of the molecule is CC(C)(C)[S+]([O-])N[C@@H]1c2ccccc2CC12CCN(c1ncc(I)c(N)n1)CC2. The predicted octanol–water partition coefficient (Wildman–Crippen LogP) is 3.60. The van der Waals surface area contributed by atoms with Crippen molar-refractivity contribution in [2.45, 2.75) is 50.8 Å². The van der Waals surface area contributed by atoms with E-state index >= 15 is 0 Å². The Morgan fingerprint density at radius 1 is 1.28 bits per heavy atom. The first-order valence-electron chi connectivity index (χ1n) is 9.98. The Balaban J connectivity index is 1.57. The maximum atomic E-state index is 13.0. The Morgan fingerprint density at radius 3 is 2.62 bits per heavy atom. The molecule has 2 heterocycles. The van der Waals surface area contributed by atoms with E-state index in [0.29, 0.717) is 11.8 Å². The number of hydrogen-bond acceptors (Lipinski definition) is 6. The summed E-state index contributed by atoms with van der Waals surface area (Å²) in [5.41, 5.74) is 8.73. The maximum absolute atomic E-state index is 13.0. The third-order valence-corrected chi connectivity index (χ3v) is 8.50. The van der Waals surface area contributed by atoms with E-state index in [0.717, 1.165) is 35.9 Å². The van der Waals surface area contributed by atoms with Crippen LogP contribution in [-0.4, -0.2) is 32.4 Å². The van der Waals surface area contributed by atoms with E-state index in [1.165, 1.54) is 11.1 Å². The minimum absolute atomic E-state index is 0.0653. The molecule has 2 aliphatic rings. The van der Waals surface area contributed by atoms with Crippen LogP contribution < -0.4 is 15.4 Å². The van der Waals surface area contributed by atoms with Gasteiger partial charge < -0.3 is 15.2 Å². The van der Waals surface area contributed by atoms with Crippen LogP contribution in [0.2, 0.25) is 0 Å². The molecule has 1 aromatic carbocycles. The minimum atomic E-state index is -1.12. The van der Waals surface area contributed by atoms with Crippen molar-refractivity contribution in [3.63, 3.8) is 0 Å². The number of rotatable bonds is 3. The molecule has 8 heteroatoms. The molecule has 3 N–H and O–H groups in total. The number of piperidine rings is 1. The molecule has 29 heavy (non-hydrogen) atoms. The number of fused-ring (bicyclic) bond motifs is 1. The number of nitrogens with one attached hydrogen (secondary N) is 1. The van der Waals surface area contributed by atoms with Gasteiger partial charge in [-0.25, -0.2) is 4.98 Å². The molecule has 0 amide bonds. The highest BCUT2D eigenvalue weighted by atomic mass is 127. The molecule has 156 valence electrons. The summed E-state index contributed by atoms with van der Waals surface area (Å²) in [6, 6.07) is 8.70. The molecule has 1 saturated heterocycles. The lowest BCUT2D eigenvalue weighted by molar-refractivity contribution is 0.175. The number of hydrogen-bond donors (Lipinski definition) is 2. The molecule has 1 fully saturated rings. The first-order valence-corrected chi connectivity index (χ1v) is 12.2. The lowest BCUT2D eigenvalue weighted by atomic mass is 9.73. The van der Waals surface area contributed by atoms with Crippen LogP contribution in [0.25, 0.3) is 0 Å². The van der Waals surface area contributed by atoms with Crippen molar-refractivity contribution < 1.29 is 4.55 Å². The van der Waals surface area contributed by atoms with Gasteiger partial charge in [-0.1, -0.05) is 24.3 Å². The van der Waals surface area contributed by atoms with Gasteiger partial charge in [-0.3, -0.25) is 0 Å². The zero-order chi connectivity index (χ0) is 20.8. The molecule has 6 nitrogen and oxygen atoms in total. The van der Waals surface area contributed by atoms with Gasteiger partial charge in [-0.2, -0.15) is 4.98 Å². The van der Waals surface area contributed by atoms with Gasteiger partial charge in [0.25, 0.3) is 0 Å². The maximum Gasteiger partial charge on any atom is 0.227 e. The summed E-state index contributed by atoms with van der Waals surface area (Å²) in [4.78, 5) is 11.2. The van der Waals surface area contributed by atoms with Gasteiger partial charge in [0, 0.05) is 36.1 Å². The van der Waals surface area contributed by atoms with Crippen LogP contribution in [0, 0.1) is 8.99 Å². The van der Waals surface area contributed by atoms with Crippen molar-refractivity contribution in [2.75, 3.05) is 23.7 Å². The fourth-order valence-corrected chi connectivity index (χ4v) is 5.61. The van der Waals surface area contributed by atoms with Gasteiger partial charge in [-0.05, 0) is 73.8 Å². The second-order valence-electron chi connectivity index (χ2n) is 9.06. The number of nitrogens with zero attached hydrogens (tertiary/aromatic N) is 3. The fourth-order valence-electron chi connectivity index (χ4n) is 4.40. The Bertz CT molecular complexity index is 895. The molecule has 1 unspecified atom stereocenters. The monoisotopic (exact) mass is 525 g/mol. The summed E-state index contributed by atoms with van der Waals surface area (Å²) < 4.78 is 17.1. The molecule has 0 radical (unpaired) electrons. The van der Waals surface area contributed by atoms with E-state index in [2.05, 4.69) is 66.4 Å². The van der Waals surface area contributed by atoms with Gasteiger partial charge >= 0.3 is 0 Å². The summed E-state index contributed by atoms with van der Waals surface area (Å²) in [6.45, 7) is 7.79. The summed E-state index contributed by atoms with van der Waals surface area (Å²) in [6.07, 6.45) is 4.79. The molecule has 1 spiro atoms. The zero-order valence-corrected chi connectivity index (χ0v) is 20.1. The molecule has 2 atom stereocenters. The highest BCUT2D eigenvalue weighted by Crippen LogP contribution is 2.52. The number of nitrogen functional groups attached to an aromatic ring is 1. The Kier molecular flexibility index (Phi) is 5.73. The van der Waals surface area contributed by atoms with Crippen LogP contribution in [-0.2, 0) is 17.8 Å². The average Bonchev–Trinajstić information content (AvgIpc) is 2.97. The summed E-state index contributed by atoms with van der Waals surface area (Å²) >= 11 is 1.03. The molecule has 1 aliphatic carbocycles. The van der Waals surface area contributed by atoms with E-state index in [4.69, 9.17) is 5.73 Å². The lowest BCUT2D eigenvalue weighted by Gasteiger charge is -2.43. The number of halogens is 1. The van der Waals surface area contributed by atoms with Crippen molar-refractivity contribution in [3.05, 3.63) is 45.2 Å². The van der Waals surface area contributed by atoms with Crippen LogP contribution in [0.3, 0.4) is 0 Å². The largest absolute Gasteiger partial charge is 0.598 e. The second-order valence-corrected chi connectivity index (χ2v) is 12.2. The normalized spacial score (nSPS) is 22.0. The van der Waals surface area contributed by atoms with Gasteiger partial charge in [-0.15, -0.1) is 4.72 Å². The summed E-state index contributed by atoms with van der Waals surface area (Å²) in [7, 11) is 0. The minimum Gasteiger partial charge on any atom is -0.598 e. The summed E-state index contributed by atoms with van der Waals surface area (Å²) in [5.74, 6) is 1.24. The quantitative estimate of drug-likeness (QED) is 0.470. The van der Waals surface area contributed by atoms with E-state index in [9.17, 15) is 4.55 Å². The first-order chi connectivity index (χ1) is 13.7. The standard InChI is InChI=1S/C21H28IN5OS/c1-20(2,3)29(28)26-17-15-7-5-4-6-14(15)12-21(17)8-10-27(11-9-21)19-24-13-16(22)18(23)25-19/h4-7,13,17,26H,8-12H2,1-3H3,(H2,23,24,25)/t17-,29?/m1/s1. The molecule has 1 aromatic heterocycles. The number of anilines is 2. The number of benzene rings is 1. The highest BCUT2D eigenvalue weighted by molar-refractivity contribution is 14.1. The third kappa shape index (κ3) is 4.08. The van der Waals surface area contributed by atoms with Crippen molar-refractivity contribution in [2.24, 2.45) is 5.41 Å². The Morgan fingerprint density at radius 2 is 1.97 bits per heavy atom. The molecule has 0 bridgehead atoms. The van der Waals surface area contributed by atoms with Crippen LogP contribution in [0.4, 0.5) is 11.8 Å². The van der Waals surface area contributed by atoms with Crippen molar-refractivity contribution >= 4 is 45.7 Å². The fraction of sp³-hybridized carbons (Fsp3) is 0.524. The number of nitrogens with two attached hydrogens (primary N) is 1. The van der Waals surface area contributed by atoms with Crippen LogP contribution in [0.15, 0.2) is 30.5 Å². The first kappa shape index (κ1) is 21.1. The van der Waals surface area contributed by atoms with E-state index in [-0.39, 0.29) is 16.2 Å². The molecular formula is C21H28IN5OS. The van der Waals surface area contributed by atoms with Crippen LogP contribution in [0.5, 0.6) is 0 Å². The molecule has 1 aliphatic heterocycles. The van der Waals surface area contributed by atoms with Gasteiger partial charge in [0.2, 0.25) is 5.95 Å². The Labute approximate surface area is 189 Å².